The third-order valence-electron chi connectivity index (χ3n) is 1.67. The number of carboxylic acid groups (broad SMARTS) is 1. The second-order valence-electron chi connectivity index (χ2n) is 3.42. The zero-order chi connectivity index (χ0) is 11.8. The van der Waals surface area contributed by atoms with Gasteiger partial charge in [-0.1, -0.05) is 44.2 Å². The first-order chi connectivity index (χ1) is 6.95. The Labute approximate surface area is 89.7 Å². The Kier molecular flexibility index (Phi) is 6.02. The van der Waals surface area contributed by atoms with E-state index in [2.05, 4.69) is 0 Å². The average Bonchev–Trinajstić information content (AvgIpc) is 2.20. The van der Waals surface area contributed by atoms with E-state index in [0.29, 0.717) is 0 Å². The Bertz CT molecular complexity index is 315. The molecule has 0 unspecified atom stereocenters. The molecule has 82 valence electrons. The van der Waals surface area contributed by atoms with Crippen molar-refractivity contribution in [2.45, 2.75) is 20.8 Å². The minimum atomic E-state index is -0.741. The van der Waals surface area contributed by atoms with Crippen LogP contribution in [0.2, 0.25) is 0 Å². The molecular weight excluding hydrogens is 192 g/mol. The third-order valence-corrected chi connectivity index (χ3v) is 1.67. The van der Waals surface area contributed by atoms with Crippen LogP contribution >= 0.6 is 0 Å². The molecular formula is C12H16O3. The summed E-state index contributed by atoms with van der Waals surface area (Å²) < 4.78 is 0. The van der Waals surface area contributed by atoms with Crippen molar-refractivity contribution in [1.82, 2.24) is 0 Å². The van der Waals surface area contributed by atoms with Crippen molar-refractivity contribution in [2.24, 2.45) is 5.92 Å². The molecule has 0 radical (unpaired) electrons. The average molecular weight is 208 g/mol. The number of rotatable bonds is 2. The van der Waals surface area contributed by atoms with Crippen molar-refractivity contribution in [3.8, 4) is 0 Å². The number of hydrogen-bond donors (Lipinski definition) is 1. The summed E-state index contributed by atoms with van der Waals surface area (Å²) in [6.45, 7) is 4.85. The van der Waals surface area contributed by atoms with Gasteiger partial charge in [0, 0.05) is 5.56 Å². The summed E-state index contributed by atoms with van der Waals surface area (Å²) in [5.74, 6) is -0.851. The highest BCUT2D eigenvalue weighted by molar-refractivity contribution is 5.93. The molecule has 1 N–H and O–H groups in total. The molecule has 0 saturated heterocycles. The fourth-order valence-corrected chi connectivity index (χ4v) is 0.673. The topological polar surface area (TPSA) is 54.4 Å². The zero-order valence-corrected chi connectivity index (χ0v) is 9.23. The van der Waals surface area contributed by atoms with E-state index in [0.717, 1.165) is 5.56 Å². The molecule has 15 heavy (non-hydrogen) atoms. The lowest BCUT2D eigenvalue weighted by Gasteiger charge is -1.89. The second-order valence-corrected chi connectivity index (χ2v) is 3.42. The smallest absolute Gasteiger partial charge is 0.305 e. The number of hydrogen-bond acceptors (Lipinski definition) is 2. The normalized spacial score (nSPS) is 9.07. The van der Waals surface area contributed by atoms with Crippen molar-refractivity contribution >= 4 is 11.8 Å². The van der Waals surface area contributed by atoms with Gasteiger partial charge in [-0.3, -0.25) is 9.59 Å². The number of Topliss-reactive ketones (excluding diaryl/α,β-unsaturated/α-hetero) is 1. The third kappa shape index (κ3) is 6.43. The van der Waals surface area contributed by atoms with E-state index < -0.39 is 5.97 Å². The van der Waals surface area contributed by atoms with E-state index >= 15 is 0 Å². The number of aliphatic carboxylic acids is 1. The highest BCUT2D eigenvalue weighted by atomic mass is 16.4. The van der Waals surface area contributed by atoms with Crippen LogP contribution in [0.4, 0.5) is 0 Å². The van der Waals surface area contributed by atoms with Crippen molar-refractivity contribution in [3.63, 3.8) is 0 Å². The van der Waals surface area contributed by atoms with Crippen molar-refractivity contribution in [3.05, 3.63) is 35.9 Å². The zero-order valence-electron chi connectivity index (χ0n) is 9.23. The van der Waals surface area contributed by atoms with Gasteiger partial charge in [-0.25, -0.2) is 0 Å². The summed E-state index contributed by atoms with van der Waals surface area (Å²) in [6.07, 6.45) is 0. The summed E-state index contributed by atoms with van der Waals surface area (Å²) in [7, 11) is 0. The summed E-state index contributed by atoms with van der Waals surface area (Å²) in [5.41, 5.74) is 0.775. The molecule has 0 aromatic heterocycles. The highest BCUT2D eigenvalue weighted by Crippen LogP contribution is 1.97. The molecule has 0 aliphatic heterocycles. The standard InChI is InChI=1S/C8H8O.C4H8O2/c1-7(9)8-5-3-2-4-6-8;1-3(2)4(5)6/h2-6H,1H3;3H,1-2H3,(H,5,6). The van der Waals surface area contributed by atoms with Crippen molar-refractivity contribution in [1.29, 1.82) is 0 Å². The SMILES string of the molecule is CC(=O)c1ccccc1.CC(C)C(=O)O. The van der Waals surface area contributed by atoms with E-state index in [1.54, 1.807) is 20.8 Å². The largest absolute Gasteiger partial charge is 0.481 e. The molecule has 1 rings (SSSR count). The van der Waals surface area contributed by atoms with Gasteiger partial charge in [-0.2, -0.15) is 0 Å². The minimum Gasteiger partial charge on any atom is -0.481 e. The maximum atomic E-state index is 10.6. The van der Waals surface area contributed by atoms with Crippen LogP contribution in [0.15, 0.2) is 30.3 Å². The quantitative estimate of drug-likeness (QED) is 0.760. The Morgan fingerprint density at radius 3 is 1.73 bits per heavy atom. The molecule has 0 bridgehead atoms. The molecule has 3 heteroatoms. The molecule has 0 heterocycles. The first kappa shape index (κ1) is 13.4. The lowest BCUT2D eigenvalue weighted by Crippen LogP contribution is -2.03. The Morgan fingerprint density at radius 1 is 1.13 bits per heavy atom. The van der Waals surface area contributed by atoms with Gasteiger partial charge in [0.2, 0.25) is 0 Å². The minimum absolute atomic E-state index is 0.121. The summed E-state index contributed by atoms with van der Waals surface area (Å²) in [5, 5.41) is 7.99. The van der Waals surface area contributed by atoms with Gasteiger partial charge in [0.15, 0.2) is 5.78 Å². The van der Waals surface area contributed by atoms with Gasteiger partial charge >= 0.3 is 5.97 Å². The van der Waals surface area contributed by atoms with Crippen LogP contribution in [-0.2, 0) is 4.79 Å². The van der Waals surface area contributed by atoms with Crippen molar-refractivity contribution in [2.75, 3.05) is 0 Å². The number of carbonyl (C=O) groups is 2. The lowest BCUT2D eigenvalue weighted by atomic mass is 10.2. The van der Waals surface area contributed by atoms with Gasteiger partial charge in [0.25, 0.3) is 0 Å². The van der Waals surface area contributed by atoms with E-state index in [1.165, 1.54) is 0 Å². The van der Waals surface area contributed by atoms with Crippen LogP contribution < -0.4 is 0 Å². The summed E-state index contributed by atoms with van der Waals surface area (Å²) >= 11 is 0. The van der Waals surface area contributed by atoms with Gasteiger partial charge in [0.1, 0.15) is 0 Å². The first-order valence-corrected chi connectivity index (χ1v) is 4.74. The van der Waals surface area contributed by atoms with Crippen LogP contribution in [0.1, 0.15) is 31.1 Å². The number of carboxylic acids is 1. The Morgan fingerprint density at radius 2 is 1.53 bits per heavy atom. The molecule has 1 aromatic rings. The maximum Gasteiger partial charge on any atom is 0.305 e. The van der Waals surface area contributed by atoms with E-state index in [-0.39, 0.29) is 11.7 Å². The van der Waals surface area contributed by atoms with Crippen LogP contribution in [0.25, 0.3) is 0 Å². The van der Waals surface area contributed by atoms with Crippen molar-refractivity contribution < 1.29 is 14.7 Å². The summed E-state index contributed by atoms with van der Waals surface area (Å²) in [4.78, 5) is 20.3. The van der Waals surface area contributed by atoms with Crippen LogP contribution in [-0.4, -0.2) is 16.9 Å². The highest BCUT2D eigenvalue weighted by Gasteiger charge is 1.99. The monoisotopic (exact) mass is 208 g/mol. The van der Waals surface area contributed by atoms with E-state index in [9.17, 15) is 9.59 Å². The van der Waals surface area contributed by atoms with Crippen LogP contribution in [0.3, 0.4) is 0 Å². The molecule has 0 atom stereocenters. The molecule has 0 fully saturated rings. The van der Waals surface area contributed by atoms with Crippen LogP contribution in [0.5, 0.6) is 0 Å². The number of ketones is 1. The number of benzene rings is 1. The molecule has 0 amide bonds. The number of carbonyl (C=O) groups excluding carboxylic acids is 1. The first-order valence-electron chi connectivity index (χ1n) is 4.74. The van der Waals surface area contributed by atoms with Gasteiger partial charge in [0.05, 0.1) is 5.92 Å². The molecule has 0 aliphatic carbocycles. The Hall–Kier alpha value is -1.64. The van der Waals surface area contributed by atoms with Crippen LogP contribution in [0, 0.1) is 5.92 Å². The molecule has 1 aromatic carbocycles. The van der Waals surface area contributed by atoms with Gasteiger partial charge < -0.3 is 5.11 Å². The van der Waals surface area contributed by atoms with Gasteiger partial charge in [-0.05, 0) is 6.92 Å². The fraction of sp³-hybridized carbons (Fsp3) is 0.333. The fourth-order valence-electron chi connectivity index (χ4n) is 0.673. The molecule has 0 aliphatic rings. The predicted molar refractivity (Wildman–Crippen MR) is 58.9 cm³/mol. The van der Waals surface area contributed by atoms with E-state index in [1.807, 2.05) is 30.3 Å². The van der Waals surface area contributed by atoms with E-state index in [4.69, 9.17) is 5.11 Å². The van der Waals surface area contributed by atoms with Gasteiger partial charge in [-0.15, -0.1) is 0 Å². The molecule has 0 saturated carbocycles. The maximum absolute atomic E-state index is 10.6. The predicted octanol–water partition coefficient (Wildman–Crippen LogP) is 2.62. The lowest BCUT2D eigenvalue weighted by molar-refractivity contribution is -0.140. The molecule has 0 spiro atoms. The second kappa shape index (κ2) is 6.76. The Balaban J connectivity index is 0.000000288. The summed E-state index contributed by atoms with van der Waals surface area (Å²) in [6, 6.07) is 9.23. The molecule has 3 nitrogen and oxygen atoms in total.